The zero-order chi connectivity index (χ0) is 9.52. The zero-order valence-electron chi connectivity index (χ0n) is 8.24. The molecular formula is C11H18N2. The van der Waals surface area contributed by atoms with Gasteiger partial charge in [0.1, 0.15) is 0 Å². The van der Waals surface area contributed by atoms with Gasteiger partial charge in [0.25, 0.3) is 0 Å². The number of aromatic nitrogens is 1. The van der Waals surface area contributed by atoms with Crippen LogP contribution in [0.4, 0.5) is 0 Å². The lowest BCUT2D eigenvalue weighted by atomic mass is 10.00. The Balaban J connectivity index is 2.35. The van der Waals surface area contributed by atoms with E-state index in [9.17, 15) is 0 Å². The first-order valence-corrected chi connectivity index (χ1v) is 4.95. The molecule has 0 amide bonds. The Kier molecular flexibility index (Phi) is 4.47. The molecule has 0 bridgehead atoms. The number of hydrogen-bond donors (Lipinski definition) is 1. The van der Waals surface area contributed by atoms with Crippen molar-refractivity contribution in [2.24, 2.45) is 5.73 Å². The molecule has 1 rings (SSSR count). The second-order valence-corrected chi connectivity index (χ2v) is 3.44. The zero-order valence-corrected chi connectivity index (χ0v) is 8.24. The minimum atomic E-state index is 0.563. The standard InChI is InChI=1S/C11H18N2/c1-10(6-2-4-8-12)11-7-3-5-9-13-11/h3,5,7,9-10H,2,4,6,8,12H2,1H3/t10-/m0/s1. The highest BCUT2D eigenvalue weighted by atomic mass is 14.7. The molecule has 0 radical (unpaired) electrons. The van der Waals surface area contributed by atoms with Crippen LogP contribution in [0.3, 0.4) is 0 Å². The number of hydrogen-bond acceptors (Lipinski definition) is 2. The van der Waals surface area contributed by atoms with Gasteiger partial charge in [-0.3, -0.25) is 4.98 Å². The van der Waals surface area contributed by atoms with Crippen molar-refractivity contribution in [1.82, 2.24) is 4.98 Å². The Morgan fingerprint density at radius 2 is 2.23 bits per heavy atom. The molecule has 2 N–H and O–H groups in total. The van der Waals surface area contributed by atoms with Crippen molar-refractivity contribution in [1.29, 1.82) is 0 Å². The number of unbranched alkanes of at least 4 members (excludes halogenated alkanes) is 1. The highest BCUT2D eigenvalue weighted by molar-refractivity contribution is 5.07. The van der Waals surface area contributed by atoms with Crippen molar-refractivity contribution in [3.8, 4) is 0 Å². The van der Waals surface area contributed by atoms with Gasteiger partial charge in [-0.2, -0.15) is 0 Å². The van der Waals surface area contributed by atoms with Crippen LogP contribution in [0.25, 0.3) is 0 Å². The summed E-state index contributed by atoms with van der Waals surface area (Å²) < 4.78 is 0. The summed E-state index contributed by atoms with van der Waals surface area (Å²) in [4.78, 5) is 4.33. The lowest BCUT2D eigenvalue weighted by Gasteiger charge is -2.09. The Morgan fingerprint density at radius 1 is 1.38 bits per heavy atom. The molecule has 0 saturated carbocycles. The number of nitrogens with two attached hydrogens (primary N) is 1. The van der Waals surface area contributed by atoms with Gasteiger partial charge in [0, 0.05) is 11.9 Å². The predicted molar refractivity (Wildman–Crippen MR) is 55.6 cm³/mol. The second kappa shape index (κ2) is 5.70. The van der Waals surface area contributed by atoms with Crippen LogP contribution in [0.1, 0.15) is 37.8 Å². The van der Waals surface area contributed by atoms with Gasteiger partial charge in [-0.05, 0) is 37.4 Å². The first-order valence-electron chi connectivity index (χ1n) is 4.95. The van der Waals surface area contributed by atoms with Crippen molar-refractivity contribution in [3.05, 3.63) is 30.1 Å². The predicted octanol–water partition coefficient (Wildman–Crippen LogP) is 2.31. The molecule has 0 unspecified atom stereocenters. The minimum absolute atomic E-state index is 0.563. The maximum atomic E-state index is 5.44. The highest BCUT2D eigenvalue weighted by Crippen LogP contribution is 2.18. The number of rotatable bonds is 5. The molecule has 2 heteroatoms. The Labute approximate surface area is 80.2 Å². The average Bonchev–Trinajstić information content (AvgIpc) is 2.19. The Bertz CT molecular complexity index is 221. The fourth-order valence-corrected chi connectivity index (χ4v) is 1.41. The maximum absolute atomic E-state index is 5.44. The summed E-state index contributed by atoms with van der Waals surface area (Å²) in [6.45, 7) is 3.02. The van der Waals surface area contributed by atoms with E-state index in [1.807, 2.05) is 18.3 Å². The smallest absolute Gasteiger partial charge is 0.0431 e. The molecule has 0 saturated heterocycles. The van der Waals surface area contributed by atoms with Crippen LogP contribution in [0.5, 0.6) is 0 Å². The van der Waals surface area contributed by atoms with Gasteiger partial charge in [-0.1, -0.05) is 19.4 Å². The fraction of sp³-hybridized carbons (Fsp3) is 0.545. The molecule has 1 aromatic rings. The largest absolute Gasteiger partial charge is 0.330 e. The summed E-state index contributed by atoms with van der Waals surface area (Å²) in [7, 11) is 0. The molecule has 2 nitrogen and oxygen atoms in total. The average molecular weight is 178 g/mol. The van der Waals surface area contributed by atoms with E-state index >= 15 is 0 Å². The van der Waals surface area contributed by atoms with E-state index in [1.54, 1.807) is 0 Å². The van der Waals surface area contributed by atoms with Gasteiger partial charge < -0.3 is 5.73 Å². The van der Waals surface area contributed by atoms with E-state index in [0.29, 0.717) is 5.92 Å². The van der Waals surface area contributed by atoms with E-state index in [2.05, 4.69) is 18.0 Å². The van der Waals surface area contributed by atoms with E-state index in [0.717, 1.165) is 13.0 Å². The molecular weight excluding hydrogens is 160 g/mol. The van der Waals surface area contributed by atoms with Crippen LogP contribution >= 0.6 is 0 Å². The van der Waals surface area contributed by atoms with Gasteiger partial charge in [0.2, 0.25) is 0 Å². The summed E-state index contributed by atoms with van der Waals surface area (Å²) in [5.74, 6) is 0.563. The van der Waals surface area contributed by atoms with Gasteiger partial charge in [-0.15, -0.1) is 0 Å². The molecule has 1 aromatic heterocycles. The molecule has 1 heterocycles. The Hall–Kier alpha value is -0.890. The van der Waals surface area contributed by atoms with Crippen LogP contribution < -0.4 is 5.73 Å². The van der Waals surface area contributed by atoms with E-state index in [-0.39, 0.29) is 0 Å². The van der Waals surface area contributed by atoms with Crippen molar-refractivity contribution in [2.75, 3.05) is 6.54 Å². The monoisotopic (exact) mass is 178 g/mol. The SMILES string of the molecule is C[C@@H](CCCCN)c1ccccn1. The van der Waals surface area contributed by atoms with Crippen molar-refractivity contribution in [2.45, 2.75) is 32.1 Å². The van der Waals surface area contributed by atoms with Gasteiger partial charge in [-0.25, -0.2) is 0 Å². The summed E-state index contributed by atoms with van der Waals surface area (Å²) in [5, 5.41) is 0. The minimum Gasteiger partial charge on any atom is -0.330 e. The van der Waals surface area contributed by atoms with Crippen molar-refractivity contribution >= 4 is 0 Å². The molecule has 0 aliphatic heterocycles. The molecule has 1 atom stereocenters. The lowest BCUT2D eigenvalue weighted by Crippen LogP contribution is -2.01. The number of pyridine rings is 1. The molecule has 0 fully saturated rings. The summed E-state index contributed by atoms with van der Waals surface area (Å²) in [6, 6.07) is 6.09. The van der Waals surface area contributed by atoms with E-state index < -0.39 is 0 Å². The fourth-order valence-electron chi connectivity index (χ4n) is 1.41. The van der Waals surface area contributed by atoms with Gasteiger partial charge >= 0.3 is 0 Å². The number of nitrogens with zero attached hydrogens (tertiary/aromatic N) is 1. The third-order valence-corrected chi connectivity index (χ3v) is 2.28. The van der Waals surface area contributed by atoms with Crippen molar-refractivity contribution < 1.29 is 0 Å². The van der Waals surface area contributed by atoms with Gasteiger partial charge in [0.05, 0.1) is 0 Å². The molecule has 0 aliphatic rings. The summed E-state index contributed by atoms with van der Waals surface area (Å²) >= 11 is 0. The molecule has 0 aliphatic carbocycles. The van der Waals surface area contributed by atoms with Crippen molar-refractivity contribution in [3.63, 3.8) is 0 Å². The summed E-state index contributed by atoms with van der Waals surface area (Å²) in [5.41, 5.74) is 6.63. The highest BCUT2D eigenvalue weighted by Gasteiger charge is 2.04. The first-order chi connectivity index (χ1) is 6.34. The normalized spacial score (nSPS) is 12.8. The first kappa shape index (κ1) is 10.2. The molecule has 13 heavy (non-hydrogen) atoms. The topological polar surface area (TPSA) is 38.9 Å². The van der Waals surface area contributed by atoms with E-state index in [4.69, 9.17) is 5.73 Å². The van der Waals surface area contributed by atoms with Crippen LogP contribution in [0, 0.1) is 0 Å². The second-order valence-electron chi connectivity index (χ2n) is 3.44. The third kappa shape index (κ3) is 3.55. The molecule has 72 valence electrons. The Morgan fingerprint density at radius 3 is 2.85 bits per heavy atom. The van der Waals surface area contributed by atoms with Crippen LogP contribution in [0.2, 0.25) is 0 Å². The third-order valence-electron chi connectivity index (χ3n) is 2.28. The molecule has 0 spiro atoms. The van der Waals surface area contributed by atoms with Crippen LogP contribution in [-0.4, -0.2) is 11.5 Å². The summed E-state index contributed by atoms with van der Waals surface area (Å²) in [6.07, 6.45) is 5.37. The van der Waals surface area contributed by atoms with E-state index in [1.165, 1.54) is 18.5 Å². The molecule has 0 aromatic carbocycles. The van der Waals surface area contributed by atoms with Gasteiger partial charge in [0.15, 0.2) is 0 Å². The maximum Gasteiger partial charge on any atom is 0.0431 e. The van der Waals surface area contributed by atoms with Crippen LogP contribution in [0.15, 0.2) is 24.4 Å². The lowest BCUT2D eigenvalue weighted by molar-refractivity contribution is 0.598. The van der Waals surface area contributed by atoms with Crippen LogP contribution in [-0.2, 0) is 0 Å². The quantitative estimate of drug-likeness (QED) is 0.703.